The molecule has 5 nitrogen and oxygen atoms in total. The maximum absolute atomic E-state index is 11.7. The molecule has 0 aliphatic rings. The molecular formula is C13H14N4OS. The third-order valence-corrected chi connectivity index (χ3v) is 3.27. The van der Waals surface area contributed by atoms with Crippen molar-refractivity contribution >= 4 is 29.0 Å². The predicted octanol–water partition coefficient (Wildman–Crippen LogP) is 2.18. The largest absolute Gasteiger partial charge is 0.399 e. The van der Waals surface area contributed by atoms with Crippen LogP contribution < -0.4 is 11.1 Å². The highest BCUT2D eigenvalue weighted by atomic mass is 32.2. The predicted molar refractivity (Wildman–Crippen MR) is 76.9 cm³/mol. The number of aromatic nitrogens is 2. The fourth-order valence-electron chi connectivity index (χ4n) is 1.40. The van der Waals surface area contributed by atoms with Crippen LogP contribution >= 0.6 is 11.8 Å². The summed E-state index contributed by atoms with van der Waals surface area (Å²) in [5, 5.41) is 3.69. The van der Waals surface area contributed by atoms with E-state index in [2.05, 4.69) is 15.3 Å². The second-order valence-corrected chi connectivity index (χ2v) is 4.93. The lowest BCUT2D eigenvalue weighted by atomic mass is 10.3. The Balaban J connectivity index is 1.74. The monoisotopic (exact) mass is 274 g/mol. The van der Waals surface area contributed by atoms with Crippen LogP contribution in [0.3, 0.4) is 0 Å². The van der Waals surface area contributed by atoms with Gasteiger partial charge >= 0.3 is 0 Å². The Kier molecular flexibility index (Phi) is 4.74. The van der Waals surface area contributed by atoms with Gasteiger partial charge in [0, 0.05) is 29.7 Å². The van der Waals surface area contributed by atoms with Crippen LogP contribution in [-0.4, -0.2) is 21.6 Å². The Hall–Kier alpha value is -2.08. The molecule has 0 saturated carbocycles. The summed E-state index contributed by atoms with van der Waals surface area (Å²) in [4.78, 5) is 19.6. The van der Waals surface area contributed by atoms with Gasteiger partial charge in [0.25, 0.3) is 0 Å². The number of thioether (sulfide) groups is 1. The summed E-state index contributed by atoms with van der Waals surface area (Å²) < 4.78 is 0. The van der Waals surface area contributed by atoms with Crippen molar-refractivity contribution in [1.29, 1.82) is 0 Å². The average molecular weight is 274 g/mol. The molecule has 6 heteroatoms. The van der Waals surface area contributed by atoms with E-state index in [9.17, 15) is 4.79 Å². The van der Waals surface area contributed by atoms with Gasteiger partial charge in [0.05, 0.1) is 5.03 Å². The van der Waals surface area contributed by atoms with E-state index in [1.807, 2.05) is 6.07 Å². The Bertz CT molecular complexity index is 530. The van der Waals surface area contributed by atoms with Crippen LogP contribution in [0.15, 0.2) is 47.9 Å². The second kappa shape index (κ2) is 6.75. The maximum Gasteiger partial charge on any atom is 0.225 e. The molecule has 0 aliphatic heterocycles. The molecule has 0 radical (unpaired) electrons. The highest BCUT2D eigenvalue weighted by molar-refractivity contribution is 7.99. The van der Waals surface area contributed by atoms with Crippen molar-refractivity contribution in [3.05, 3.63) is 42.9 Å². The molecule has 1 amide bonds. The molecule has 3 N–H and O–H groups in total. The summed E-state index contributed by atoms with van der Waals surface area (Å²) in [6, 6.07) is 8.90. The van der Waals surface area contributed by atoms with Gasteiger partial charge in [-0.3, -0.25) is 4.79 Å². The number of rotatable bonds is 5. The van der Waals surface area contributed by atoms with Gasteiger partial charge in [-0.25, -0.2) is 9.97 Å². The molecule has 0 unspecified atom stereocenters. The number of nitrogens with one attached hydrogen (secondary N) is 1. The van der Waals surface area contributed by atoms with Crippen molar-refractivity contribution in [2.75, 3.05) is 16.8 Å². The molecule has 2 aromatic rings. The highest BCUT2D eigenvalue weighted by Crippen LogP contribution is 2.15. The van der Waals surface area contributed by atoms with E-state index < -0.39 is 0 Å². The molecule has 0 saturated heterocycles. The third-order valence-electron chi connectivity index (χ3n) is 2.33. The van der Waals surface area contributed by atoms with Crippen LogP contribution in [0.5, 0.6) is 0 Å². The van der Waals surface area contributed by atoms with Crippen molar-refractivity contribution in [2.45, 2.75) is 11.4 Å². The van der Waals surface area contributed by atoms with Crippen LogP contribution in [0.1, 0.15) is 6.42 Å². The zero-order chi connectivity index (χ0) is 13.5. The summed E-state index contributed by atoms with van der Waals surface area (Å²) in [5.74, 6) is 0.656. The van der Waals surface area contributed by atoms with E-state index >= 15 is 0 Å². The van der Waals surface area contributed by atoms with E-state index in [0.717, 1.165) is 10.7 Å². The summed E-state index contributed by atoms with van der Waals surface area (Å²) in [6.45, 7) is 0. The first-order valence-electron chi connectivity index (χ1n) is 5.78. The molecule has 19 heavy (non-hydrogen) atoms. The molecule has 98 valence electrons. The summed E-state index contributed by atoms with van der Waals surface area (Å²) >= 11 is 1.53. The molecule has 1 aromatic heterocycles. The summed E-state index contributed by atoms with van der Waals surface area (Å²) in [7, 11) is 0. The smallest absolute Gasteiger partial charge is 0.225 e. The van der Waals surface area contributed by atoms with Crippen LogP contribution in [0, 0.1) is 0 Å². The number of nitrogens with two attached hydrogens (primary N) is 1. The Morgan fingerprint density at radius 2 is 2.05 bits per heavy atom. The van der Waals surface area contributed by atoms with Gasteiger partial charge in [0.1, 0.15) is 6.33 Å². The topological polar surface area (TPSA) is 80.9 Å². The lowest BCUT2D eigenvalue weighted by Gasteiger charge is -2.05. The number of hydrogen-bond donors (Lipinski definition) is 2. The van der Waals surface area contributed by atoms with E-state index in [1.54, 1.807) is 30.5 Å². The zero-order valence-electron chi connectivity index (χ0n) is 10.2. The fourth-order valence-corrected chi connectivity index (χ4v) is 2.18. The molecule has 0 spiro atoms. The SMILES string of the molecule is Nc1ccc(NC(=O)CCSc2ccncn2)cc1. The third kappa shape index (κ3) is 4.59. The Morgan fingerprint density at radius 1 is 1.26 bits per heavy atom. The minimum Gasteiger partial charge on any atom is -0.399 e. The molecule has 0 atom stereocenters. The molecule has 1 heterocycles. The van der Waals surface area contributed by atoms with E-state index in [-0.39, 0.29) is 5.91 Å². The number of hydrogen-bond acceptors (Lipinski definition) is 5. The quantitative estimate of drug-likeness (QED) is 0.496. The van der Waals surface area contributed by atoms with Crippen molar-refractivity contribution in [2.24, 2.45) is 0 Å². The average Bonchev–Trinajstić information content (AvgIpc) is 2.43. The highest BCUT2D eigenvalue weighted by Gasteiger charge is 2.03. The minimum absolute atomic E-state index is 0.0219. The molecule has 2 rings (SSSR count). The number of anilines is 2. The number of benzene rings is 1. The standard InChI is InChI=1S/C13H14N4OS/c14-10-1-3-11(4-2-10)17-12(18)6-8-19-13-5-7-15-9-16-13/h1-5,7,9H,6,8,14H2,(H,17,18). The number of carbonyl (C=O) groups is 1. The minimum atomic E-state index is -0.0219. The van der Waals surface area contributed by atoms with Gasteiger partial charge < -0.3 is 11.1 Å². The Morgan fingerprint density at radius 3 is 2.74 bits per heavy atom. The summed E-state index contributed by atoms with van der Waals surface area (Å²) in [6.07, 6.45) is 3.61. The maximum atomic E-state index is 11.7. The molecular weight excluding hydrogens is 260 g/mol. The molecule has 1 aromatic carbocycles. The van der Waals surface area contributed by atoms with Gasteiger partial charge in [-0.15, -0.1) is 11.8 Å². The number of nitrogens with zero attached hydrogens (tertiary/aromatic N) is 2. The first-order valence-corrected chi connectivity index (χ1v) is 6.77. The van der Waals surface area contributed by atoms with Crippen molar-refractivity contribution in [3.63, 3.8) is 0 Å². The van der Waals surface area contributed by atoms with Crippen molar-refractivity contribution in [1.82, 2.24) is 9.97 Å². The van der Waals surface area contributed by atoms with E-state index in [1.165, 1.54) is 18.1 Å². The van der Waals surface area contributed by atoms with Crippen LogP contribution in [0.25, 0.3) is 0 Å². The van der Waals surface area contributed by atoms with Crippen LogP contribution in [0.4, 0.5) is 11.4 Å². The van der Waals surface area contributed by atoms with Gasteiger partial charge in [0.2, 0.25) is 5.91 Å². The van der Waals surface area contributed by atoms with E-state index in [0.29, 0.717) is 17.9 Å². The second-order valence-electron chi connectivity index (χ2n) is 3.82. The van der Waals surface area contributed by atoms with Gasteiger partial charge in [-0.05, 0) is 30.3 Å². The first kappa shape index (κ1) is 13.4. The van der Waals surface area contributed by atoms with Crippen LogP contribution in [0.2, 0.25) is 0 Å². The fraction of sp³-hybridized carbons (Fsp3) is 0.154. The normalized spacial score (nSPS) is 10.1. The van der Waals surface area contributed by atoms with Crippen molar-refractivity contribution in [3.8, 4) is 0 Å². The number of amides is 1. The van der Waals surface area contributed by atoms with E-state index in [4.69, 9.17) is 5.73 Å². The number of nitrogen functional groups attached to an aromatic ring is 1. The Labute approximate surface area is 115 Å². The first-order chi connectivity index (χ1) is 9.24. The van der Waals surface area contributed by atoms with Crippen molar-refractivity contribution < 1.29 is 4.79 Å². The zero-order valence-corrected chi connectivity index (χ0v) is 11.1. The van der Waals surface area contributed by atoms with Gasteiger partial charge in [-0.2, -0.15) is 0 Å². The molecule has 0 aliphatic carbocycles. The molecule has 0 fully saturated rings. The van der Waals surface area contributed by atoms with Crippen LogP contribution in [-0.2, 0) is 4.79 Å². The lowest BCUT2D eigenvalue weighted by Crippen LogP contribution is -2.12. The number of carbonyl (C=O) groups excluding carboxylic acids is 1. The lowest BCUT2D eigenvalue weighted by molar-refractivity contribution is -0.115. The summed E-state index contributed by atoms with van der Waals surface area (Å²) in [5.41, 5.74) is 7.01. The van der Waals surface area contributed by atoms with Gasteiger partial charge in [-0.1, -0.05) is 0 Å². The van der Waals surface area contributed by atoms with Gasteiger partial charge in [0.15, 0.2) is 0 Å². The molecule has 0 bridgehead atoms.